The second kappa shape index (κ2) is 10.1. The van der Waals surface area contributed by atoms with Crippen molar-refractivity contribution in [1.29, 1.82) is 0 Å². The number of carbonyl (C=O) groups is 1. The average molecular weight is 376 g/mol. The number of rotatable bonds is 10. The predicted octanol–water partition coefficient (Wildman–Crippen LogP) is 1.97. The number of ether oxygens (including phenoxy) is 1. The van der Waals surface area contributed by atoms with E-state index in [0.717, 1.165) is 5.56 Å². The molecule has 0 saturated heterocycles. The smallest absolute Gasteiger partial charge is 0.251 e. The van der Waals surface area contributed by atoms with Crippen molar-refractivity contribution in [1.82, 2.24) is 10.0 Å². The van der Waals surface area contributed by atoms with Crippen molar-refractivity contribution < 1.29 is 17.9 Å². The third kappa shape index (κ3) is 6.25. The minimum atomic E-state index is -3.67. The van der Waals surface area contributed by atoms with Crippen LogP contribution in [0.1, 0.15) is 22.3 Å². The van der Waals surface area contributed by atoms with E-state index in [-0.39, 0.29) is 10.8 Å². The Balaban J connectivity index is 1.95. The lowest BCUT2D eigenvalue weighted by Crippen LogP contribution is -2.27. The van der Waals surface area contributed by atoms with Crippen molar-refractivity contribution in [2.45, 2.75) is 17.7 Å². The highest BCUT2D eigenvalue weighted by Gasteiger charge is 2.15. The zero-order valence-electron chi connectivity index (χ0n) is 14.8. The van der Waals surface area contributed by atoms with Crippen LogP contribution in [0.15, 0.2) is 59.5 Å². The maximum Gasteiger partial charge on any atom is 0.251 e. The minimum Gasteiger partial charge on any atom is -0.385 e. The Labute approximate surface area is 154 Å². The molecule has 0 radical (unpaired) electrons. The van der Waals surface area contributed by atoms with Crippen LogP contribution in [0.2, 0.25) is 0 Å². The summed E-state index contributed by atoms with van der Waals surface area (Å²) < 4.78 is 32.4. The van der Waals surface area contributed by atoms with Gasteiger partial charge in [0, 0.05) is 32.4 Å². The largest absolute Gasteiger partial charge is 0.385 e. The molecule has 0 heterocycles. The van der Waals surface area contributed by atoms with E-state index in [0.29, 0.717) is 38.1 Å². The molecule has 6 nitrogen and oxygen atoms in total. The van der Waals surface area contributed by atoms with Crippen LogP contribution in [0.5, 0.6) is 0 Å². The molecule has 0 spiro atoms. The minimum absolute atomic E-state index is 0.0788. The highest BCUT2D eigenvalue weighted by Crippen LogP contribution is 2.12. The van der Waals surface area contributed by atoms with Crippen molar-refractivity contribution in [2.75, 3.05) is 26.8 Å². The van der Waals surface area contributed by atoms with Crippen LogP contribution >= 0.6 is 0 Å². The Morgan fingerprint density at radius 2 is 1.81 bits per heavy atom. The summed E-state index contributed by atoms with van der Waals surface area (Å²) in [6.45, 7) is 1.32. The van der Waals surface area contributed by atoms with E-state index in [4.69, 9.17) is 4.74 Å². The maximum atomic E-state index is 12.4. The summed E-state index contributed by atoms with van der Waals surface area (Å²) >= 11 is 0. The molecule has 2 aromatic carbocycles. The summed E-state index contributed by atoms with van der Waals surface area (Å²) in [5, 5.41) is 2.74. The topological polar surface area (TPSA) is 84.5 Å². The van der Waals surface area contributed by atoms with Crippen LogP contribution in [0, 0.1) is 0 Å². The van der Waals surface area contributed by atoms with E-state index >= 15 is 0 Å². The predicted molar refractivity (Wildman–Crippen MR) is 101 cm³/mol. The summed E-state index contributed by atoms with van der Waals surface area (Å²) in [6.07, 6.45) is 1.29. The fraction of sp³-hybridized carbons (Fsp3) is 0.316. The van der Waals surface area contributed by atoms with Crippen LogP contribution in [0.3, 0.4) is 0 Å². The molecule has 0 aliphatic rings. The number of hydrogen-bond acceptors (Lipinski definition) is 4. The fourth-order valence-corrected chi connectivity index (χ4v) is 3.46. The molecule has 0 bridgehead atoms. The highest BCUT2D eigenvalue weighted by atomic mass is 32.2. The number of amides is 1. The third-order valence-corrected chi connectivity index (χ3v) is 5.22. The summed E-state index contributed by atoms with van der Waals surface area (Å²) in [5.41, 5.74) is 1.37. The molecule has 26 heavy (non-hydrogen) atoms. The van der Waals surface area contributed by atoms with Gasteiger partial charge in [-0.3, -0.25) is 4.79 Å². The van der Waals surface area contributed by atoms with Gasteiger partial charge < -0.3 is 10.1 Å². The van der Waals surface area contributed by atoms with E-state index in [2.05, 4.69) is 10.0 Å². The molecule has 0 aromatic heterocycles. The molecule has 0 aliphatic heterocycles. The Morgan fingerprint density at radius 3 is 2.54 bits per heavy atom. The van der Waals surface area contributed by atoms with E-state index in [1.165, 1.54) is 12.1 Å². The summed E-state index contributed by atoms with van der Waals surface area (Å²) in [5.74, 6) is -0.303. The molecular formula is C19H24N2O4S. The molecule has 0 saturated carbocycles. The van der Waals surface area contributed by atoms with Gasteiger partial charge >= 0.3 is 0 Å². The van der Waals surface area contributed by atoms with E-state index < -0.39 is 10.0 Å². The second-order valence-electron chi connectivity index (χ2n) is 5.76. The van der Waals surface area contributed by atoms with Crippen LogP contribution in [0.4, 0.5) is 0 Å². The first-order valence-corrected chi connectivity index (χ1v) is 9.92. The lowest BCUT2D eigenvalue weighted by molar-refractivity contribution is 0.0948. The first-order chi connectivity index (χ1) is 12.5. The molecule has 0 aliphatic carbocycles. The SMILES string of the molecule is COCCCNC(=O)c1cccc(S(=O)(=O)NCCc2ccccc2)c1. The molecule has 2 N–H and O–H groups in total. The maximum absolute atomic E-state index is 12.4. The van der Waals surface area contributed by atoms with Crippen LogP contribution in [-0.2, 0) is 21.2 Å². The van der Waals surface area contributed by atoms with Gasteiger partial charge in [0.2, 0.25) is 10.0 Å². The van der Waals surface area contributed by atoms with Crippen LogP contribution in [0.25, 0.3) is 0 Å². The Hall–Kier alpha value is -2.22. The number of nitrogens with one attached hydrogen (secondary N) is 2. The molecule has 0 fully saturated rings. The van der Waals surface area contributed by atoms with Crippen LogP contribution < -0.4 is 10.0 Å². The Morgan fingerprint density at radius 1 is 1.04 bits per heavy atom. The molecule has 0 unspecified atom stereocenters. The van der Waals surface area contributed by atoms with Crippen molar-refractivity contribution in [3.63, 3.8) is 0 Å². The van der Waals surface area contributed by atoms with Gasteiger partial charge in [-0.1, -0.05) is 36.4 Å². The van der Waals surface area contributed by atoms with Gasteiger partial charge in [0.25, 0.3) is 5.91 Å². The molecule has 2 rings (SSSR count). The number of hydrogen-bond donors (Lipinski definition) is 2. The quantitative estimate of drug-likeness (QED) is 0.621. The average Bonchev–Trinajstić information content (AvgIpc) is 2.66. The highest BCUT2D eigenvalue weighted by molar-refractivity contribution is 7.89. The van der Waals surface area contributed by atoms with Crippen molar-refractivity contribution >= 4 is 15.9 Å². The second-order valence-corrected chi connectivity index (χ2v) is 7.53. The zero-order valence-corrected chi connectivity index (χ0v) is 15.6. The number of methoxy groups -OCH3 is 1. The van der Waals surface area contributed by atoms with Crippen LogP contribution in [-0.4, -0.2) is 41.1 Å². The lowest BCUT2D eigenvalue weighted by atomic mass is 10.2. The molecule has 1 amide bonds. The van der Waals surface area contributed by atoms with Crippen molar-refractivity contribution in [3.05, 3.63) is 65.7 Å². The van der Waals surface area contributed by atoms with Gasteiger partial charge in [-0.2, -0.15) is 0 Å². The normalized spacial score (nSPS) is 11.3. The van der Waals surface area contributed by atoms with E-state index in [1.807, 2.05) is 30.3 Å². The standard InChI is InChI=1S/C19H24N2O4S/c1-25-14-6-12-20-19(22)17-9-5-10-18(15-17)26(23,24)21-13-11-16-7-3-2-4-8-16/h2-5,7-10,15,21H,6,11-14H2,1H3,(H,20,22). The number of sulfonamides is 1. The first-order valence-electron chi connectivity index (χ1n) is 8.44. The van der Waals surface area contributed by atoms with Gasteiger partial charge in [-0.05, 0) is 36.6 Å². The first kappa shape index (κ1) is 20.1. The molecule has 0 atom stereocenters. The number of carbonyl (C=O) groups excluding carboxylic acids is 1. The Kier molecular flexibility index (Phi) is 7.77. The molecule has 2 aromatic rings. The van der Waals surface area contributed by atoms with E-state index in [9.17, 15) is 13.2 Å². The zero-order chi connectivity index (χ0) is 18.8. The van der Waals surface area contributed by atoms with Crippen molar-refractivity contribution in [3.8, 4) is 0 Å². The monoisotopic (exact) mass is 376 g/mol. The molecular weight excluding hydrogens is 352 g/mol. The van der Waals surface area contributed by atoms with Crippen molar-refractivity contribution in [2.24, 2.45) is 0 Å². The third-order valence-electron chi connectivity index (χ3n) is 3.77. The van der Waals surface area contributed by atoms with Gasteiger partial charge in [0.15, 0.2) is 0 Å². The number of benzene rings is 2. The van der Waals surface area contributed by atoms with Gasteiger partial charge in [0.1, 0.15) is 0 Å². The molecule has 7 heteroatoms. The van der Waals surface area contributed by atoms with Gasteiger partial charge in [-0.15, -0.1) is 0 Å². The summed E-state index contributed by atoms with van der Waals surface area (Å²) in [7, 11) is -2.07. The van der Waals surface area contributed by atoms with E-state index in [1.54, 1.807) is 19.2 Å². The fourth-order valence-electron chi connectivity index (χ4n) is 2.38. The molecule has 140 valence electrons. The van der Waals surface area contributed by atoms with Gasteiger partial charge in [-0.25, -0.2) is 13.1 Å². The van der Waals surface area contributed by atoms with Gasteiger partial charge in [0.05, 0.1) is 4.90 Å². The Bertz CT molecular complexity index is 807. The summed E-state index contributed by atoms with van der Waals surface area (Å²) in [6, 6.07) is 15.7. The summed E-state index contributed by atoms with van der Waals surface area (Å²) in [4.78, 5) is 12.2. The lowest BCUT2D eigenvalue weighted by Gasteiger charge is -2.09.